The zero-order chi connectivity index (χ0) is 52.0. The second-order valence-corrected chi connectivity index (χ2v) is 17.2. The highest BCUT2D eigenvalue weighted by Gasteiger charge is 2.22. The summed E-state index contributed by atoms with van der Waals surface area (Å²) in [7, 11) is 1.71. The van der Waals surface area contributed by atoms with Gasteiger partial charge in [-0.1, -0.05) is 77.0 Å². The summed E-state index contributed by atoms with van der Waals surface area (Å²) in [5.41, 5.74) is 0. The first-order valence-electron chi connectivity index (χ1n) is 25.2. The van der Waals surface area contributed by atoms with Gasteiger partial charge in [0, 0.05) is 45.3 Å². The molecule has 0 aliphatic rings. The van der Waals surface area contributed by atoms with Crippen LogP contribution < -0.4 is 31.9 Å². The van der Waals surface area contributed by atoms with Crippen molar-refractivity contribution in [2.75, 3.05) is 79.5 Å². The molecule has 0 aromatic rings. The van der Waals surface area contributed by atoms with Crippen molar-refractivity contribution in [1.29, 1.82) is 0 Å². The Kier molecular flexibility index (Phi) is 42.3. The number of carboxylic acid groups (broad SMARTS) is 3. The van der Waals surface area contributed by atoms with E-state index in [2.05, 4.69) is 31.9 Å². The lowest BCUT2D eigenvalue weighted by molar-refractivity contribution is -0.143. The molecule has 0 aliphatic carbocycles. The van der Waals surface area contributed by atoms with Gasteiger partial charge in [-0.15, -0.1) is 0 Å². The van der Waals surface area contributed by atoms with Crippen molar-refractivity contribution in [3.8, 4) is 0 Å². The number of hydrogen-bond acceptors (Lipinski definition) is 14. The lowest BCUT2D eigenvalue weighted by Gasteiger charge is -2.15. The maximum absolute atomic E-state index is 12.3. The van der Waals surface area contributed by atoms with Gasteiger partial charge in [0.25, 0.3) is 0 Å². The first-order chi connectivity index (χ1) is 33.7. The van der Waals surface area contributed by atoms with Gasteiger partial charge in [0.1, 0.15) is 31.1 Å². The zero-order valence-corrected chi connectivity index (χ0v) is 41.9. The number of aliphatic carboxylic acids is 3. The van der Waals surface area contributed by atoms with Crippen molar-refractivity contribution in [2.24, 2.45) is 0 Å². The zero-order valence-electron chi connectivity index (χ0n) is 41.9. The Bertz CT molecular complexity index is 1490. The molecule has 22 nitrogen and oxygen atoms in total. The van der Waals surface area contributed by atoms with Gasteiger partial charge in [-0.25, -0.2) is 9.59 Å². The van der Waals surface area contributed by atoms with Gasteiger partial charge in [-0.2, -0.15) is 0 Å². The van der Waals surface area contributed by atoms with Crippen molar-refractivity contribution >= 4 is 53.2 Å². The van der Waals surface area contributed by atoms with Crippen LogP contribution in [0.4, 0.5) is 0 Å². The lowest BCUT2D eigenvalue weighted by atomic mass is 10.0. The second kappa shape index (κ2) is 45.4. The average Bonchev–Trinajstić information content (AvgIpc) is 3.31. The number of ether oxygens (including phenoxy) is 4. The molecule has 5 amide bonds. The molecule has 0 fully saturated rings. The molecule has 404 valence electrons. The Labute approximate surface area is 413 Å². The van der Waals surface area contributed by atoms with E-state index in [1.807, 2.05) is 0 Å². The smallest absolute Gasteiger partial charge is 0.326 e. The van der Waals surface area contributed by atoms with Crippen molar-refractivity contribution in [1.82, 2.24) is 31.9 Å². The fourth-order valence-corrected chi connectivity index (χ4v) is 7.03. The van der Waals surface area contributed by atoms with E-state index >= 15 is 0 Å². The van der Waals surface area contributed by atoms with Gasteiger partial charge in [-0.3, -0.25) is 33.6 Å². The summed E-state index contributed by atoms with van der Waals surface area (Å²) >= 11 is 0. The van der Waals surface area contributed by atoms with E-state index in [0.717, 1.165) is 51.4 Å². The van der Waals surface area contributed by atoms with E-state index in [0.29, 0.717) is 25.8 Å². The van der Waals surface area contributed by atoms with Crippen LogP contribution in [-0.2, 0) is 62.1 Å². The third-order valence-corrected chi connectivity index (χ3v) is 11.1. The molecule has 0 aromatic heterocycles. The van der Waals surface area contributed by atoms with E-state index in [1.165, 1.54) is 45.4 Å². The average molecular weight is 1000 g/mol. The minimum atomic E-state index is -1.28. The molecule has 1 unspecified atom stereocenters. The van der Waals surface area contributed by atoms with Gasteiger partial charge >= 0.3 is 17.9 Å². The molecule has 22 heteroatoms. The second-order valence-electron chi connectivity index (χ2n) is 17.2. The third-order valence-electron chi connectivity index (χ3n) is 11.1. The van der Waals surface area contributed by atoms with Gasteiger partial charge in [0.2, 0.25) is 29.5 Å². The monoisotopic (exact) mass is 1000 g/mol. The standard InChI is InChI=1S/C48H86N6O16/c1-37(55)38(49-2)19-17-18-26-50-41(56)24-23-40(48(65)66)54-45(60)36-70-34-32-68-30-28-52-44(59)35-69-33-31-67-29-27-51-42(57)25-22-39(47(63)64)53-43(58)20-15-13-11-9-7-5-3-4-6-8-10-12-14-16-21-46(61)62/h38-40,49H,3-36H2,1-2H3,(H,50,56)(H,51,57)(H,52,59)(H,53,58)(H,54,60)(H,61,62)(H,63,64)(H,65,66)/t38-,39?,40-/m0/s1. The minimum Gasteiger partial charge on any atom is -0.481 e. The van der Waals surface area contributed by atoms with Gasteiger partial charge in [0.05, 0.1) is 45.7 Å². The van der Waals surface area contributed by atoms with Crippen LogP contribution >= 0.6 is 0 Å². The van der Waals surface area contributed by atoms with Crippen molar-refractivity contribution in [3.63, 3.8) is 0 Å². The van der Waals surface area contributed by atoms with Crippen LogP contribution in [0.1, 0.15) is 155 Å². The number of Topliss-reactive ketones (excluding diaryl/α,β-unsaturated/α-hetero) is 1. The fourth-order valence-electron chi connectivity index (χ4n) is 7.03. The molecule has 0 spiro atoms. The summed E-state index contributed by atoms with van der Waals surface area (Å²) < 4.78 is 21.2. The quantitative estimate of drug-likeness (QED) is 0.0396. The van der Waals surface area contributed by atoms with Crippen molar-refractivity contribution in [2.45, 2.75) is 173 Å². The Morgan fingerprint density at radius 1 is 0.386 bits per heavy atom. The van der Waals surface area contributed by atoms with Crippen molar-refractivity contribution in [3.05, 3.63) is 0 Å². The molecule has 0 saturated heterocycles. The number of nitrogens with one attached hydrogen (secondary N) is 6. The molecule has 0 aliphatic heterocycles. The normalized spacial score (nSPS) is 12.3. The Morgan fingerprint density at radius 3 is 1.23 bits per heavy atom. The van der Waals surface area contributed by atoms with Crippen LogP contribution in [0.3, 0.4) is 0 Å². The Morgan fingerprint density at radius 2 is 0.786 bits per heavy atom. The topological polar surface area (TPSA) is 323 Å². The number of carbonyl (C=O) groups is 9. The third kappa shape index (κ3) is 42.1. The molecule has 9 N–H and O–H groups in total. The number of likely N-dealkylation sites (N-methyl/N-ethyl adjacent to an activating group) is 1. The molecule has 0 rings (SSSR count). The fraction of sp³-hybridized carbons (Fsp3) is 0.812. The number of ketones is 1. The minimum absolute atomic E-state index is 0.0356. The molecule has 70 heavy (non-hydrogen) atoms. The Hall–Kier alpha value is -4.77. The summed E-state index contributed by atoms with van der Waals surface area (Å²) in [6, 6.07) is -2.65. The van der Waals surface area contributed by atoms with Crippen LogP contribution in [0.2, 0.25) is 0 Å². The number of amides is 5. The summed E-state index contributed by atoms with van der Waals surface area (Å²) in [6.07, 6.45) is 17.1. The SMILES string of the molecule is CN[C@@H](CCCCNC(=O)CC[C@H](NC(=O)COCCOCCNC(=O)COCCOCCNC(=O)CCC(NC(=O)CCCCCCCCCCCCCCCCC(=O)O)C(=O)O)C(=O)O)C(C)=O. The van der Waals surface area contributed by atoms with E-state index in [9.17, 15) is 53.4 Å². The molecule has 3 atom stereocenters. The summed E-state index contributed by atoms with van der Waals surface area (Å²) in [6.45, 7) is 2.40. The Balaban J connectivity index is 3.80. The first kappa shape index (κ1) is 65.2. The van der Waals surface area contributed by atoms with Crippen LogP contribution in [0, 0.1) is 0 Å². The number of rotatable bonds is 50. The highest BCUT2D eigenvalue weighted by atomic mass is 16.5. The van der Waals surface area contributed by atoms with Crippen LogP contribution in [0.5, 0.6) is 0 Å². The largest absolute Gasteiger partial charge is 0.481 e. The van der Waals surface area contributed by atoms with Gasteiger partial charge < -0.3 is 66.2 Å². The molecule has 0 radical (unpaired) electrons. The highest BCUT2D eigenvalue weighted by molar-refractivity contribution is 5.85. The first-order valence-corrected chi connectivity index (χ1v) is 25.2. The van der Waals surface area contributed by atoms with E-state index in [4.69, 9.17) is 24.1 Å². The van der Waals surface area contributed by atoms with Crippen LogP contribution in [0.15, 0.2) is 0 Å². The highest BCUT2D eigenvalue weighted by Crippen LogP contribution is 2.14. The summed E-state index contributed by atoms with van der Waals surface area (Å²) in [4.78, 5) is 106. The molecular weight excluding hydrogens is 917 g/mol. The number of hydrogen-bond donors (Lipinski definition) is 9. The predicted octanol–water partition coefficient (Wildman–Crippen LogP) is 2.77. The maximum Gasteiger partial charge on any atom is 0.326 e. The number of carboxylic acids is 3. The molecule has 0 heterocycles. The molecule has 0 saturated carbocycles. The van der Waals surface area contributed by atoms with Gasteiger partial charge in [0.15, 0.2) is 0 Å². The molecular formula is C48H86N6O16. The van der Waals surface area contributed by atoms with Crippen LogP contribution in [-0.4, -0.2) is 166 Å². The van der Waals surface area contributed by atoms with E-state index < -0.39 is 42.5 Å². The van der Waals surface area contributed by atoms with Gasteiger partial charge in [-0.05, 0) is 58.9 Å². The van der Waals surface area contributed by atoms with Crippen molar-refractivity contribution < 1.29 is 77.4 Å². The van der Waals surface area contributed by atoms with E-state index in [-0.39, 0.29) is 133 Å². The summed E-state index contributed by atoms with van der Waals surface area (Å²) in [5, 5.41) is 43.4. The molecule has 0 aromatic carbocycles. The molecule has 0 bridgehead atoms. The van der Waals surface area contributed by atoms with Crippen LogP contribution in [0.25, 0.3) is 0 Å². The number of unbranched alkanes of at least 4 members (excludes halogenated alkanes) is 14. The number of carbonyl (C=O) groups excluding carboxylic acids is 6. The predicted molar refractivity (Wildman–Crippen MR) is 259 cm³/mol. The van der Waals surface area contributed by atoms with E-state index in [1.54, 1.807) is 7.05 Å². The maximum atomic E-state index is 12.3. The summed E-state index contributed by atoms with van der Waals surface area (Å²) in [5.74, 6) is -5.27. The lowest BCUT2D eigenvalue weighted by Crippen LogP contribution is -2.43.